The lowest BCUT2D eigenvalue weighted by Crippen LogP contribution is -2.41. The minimum atomic E-state index is -0.572. The highest BCUT2D eigenvalue weighted by Gasteiger charge is 2.20. The molecule has 0 saturated carbocycles. The third kappa shape index (κ3) is 15.6. The average Bonchev–Trinajstić information content (AvgIpc) is 2.61. The monoisotopic (exact) mass is 406 g/mol. The summed E-state index contributed by atoms with van der Waals surface area (Å²) in [5.41, 5.74) is 10.6. The van der Waals surface area contributed by atoms with Crippen LogP contribution in [0.4, 0.5) is 4.79 Å². The van der Waals surface area contributed by atoms with Gasteiger partial charge in [0.2, 0.25) is 5.91 Å². The molecule has 2 amide bonds. The maximum Gasteiger partial charge on any atom is 0.434 e. The molecule has 5 N–H and O–H groups in total. The van der Waals surface area contributed by atoms with E-state index in [0.717, 1.165) is 17.9 Å². The molecular weight excluding hydrogens is 368 g/mol. The zero-order valence-electron chi connectivity index (χ0n) is 17.7. The molecule has 0 bridgehead atoms. The second-order valence-corrected chi connectivity index (χ2v) is 7.22. The zero-order valence-corrected chi connectivity index (χ0v) is 17.7. The Kier molecular flexibility index (Phi) is 14.7. The molecule has 0 radical (unpaired) electrons. The van der Waals surface area contributed by atoms with E-state index in [1.807, 2.05) is 0 Å². The van der Waals surface area contributed by atoms with Crippen LogP contribution in [-0.2, 0) is 23.8 Å². The van der Waals surface area contributed by atoms with Gasteiger partial charge in [-0.15, -0.1) is 0 Å². The smallest absolute Gasteiger partial charge is 0.434 e. The van der Waals surface area contributed by atoms with Crippen molar-refractivity contribution in [3.63, 3.8) is 0 Å². The molecule has 1 atom stereocenters. The molecule has 10 heteroatoms. The Hall–Kier alpha value is -1.46. The molecule has 0 saturated heterocycles. The number of nitrogens with one attached hydrogen (secondary N) is 1. The lowest BCUT2D eigenvalue weighted by molar-refractivity contribution is -0.143. The first-order valence-corrected chi connectivity index (χ1v) is 9.66. The van der Waals surface area contributed by atoms with E-state index in [1.54, 1.807) is 20.8 Å². The molecule has 0 fully saturated rings. The number of hydroxylamine groups is 2. The Bertz CT molecular complexity index is 431. The van der Waals surface area contributed by atoms with Gasteiger partial charge in [-0.2, -0.15) is 5.06 Å². The molecule has 0 aromatic heterocycles. The van der Waals surface area contributed by atoms with Crippen LogP contribution in [0.1, 0.15) is 40.0 Å². The van der Waals surface area contributed by atoms with Crippen LogP contribution in [0.5, 0.6) is 0 Å². The van der Waals surface area contributed by atoms with Gasteiger partial charge in [0, 0.05) is 13.6 Å². The fourth-order valence-electron chi connectivity index (χ4n) is 1.95. The second-order valence-electron chi connectivity index (χ2n) is 7.22. The van der Waals surface area contributed by atoms with Crippen LogP contribution < -0.4 is 16.8 Å². The summed E-state index contributed by atoms with van der Waals surface area (Å²) in [5, 5.41) is 3.77. The molecule has 0 heterocycles. The summed E-state index contributed by atoms with van der Waals surface area (Å²) < 4.78 is 15.8. The van der Waals surface area contributed by atoms with Gasteiger partial charge in [-0.3, -0.25) is 9.63 Å². The highest BCUT2D eigenvalue weighted by molar-refractivity contribution is 5.81. The van der Waals surface area contributed by atoms with Crippen molar-refractivity contribution in [1.29, 1.82) is 0 Å². The number of rotatable bonds is 15. The van der Waals surface area contributed by atoms with Gasteiger partial charge in [-0.05, 0) is 40.2 Å². The van der Waals surface area contributed by atoms with E-state index in [2.05, 4.69) is 5.32 Å². The summed E-state index contributed by atoms with van der Waals surface area (Å²) in [6.07, 6.45) is 1.78. The summed E-state index contributed by atoms with van der Waals surface area (Å²) in [5.74, 6) is -0.178. The number of nitrogens with two attached hydrogens (primary N) is 2. The summed E-state index contributed by atoms with van der Waals surface area (Å²) in [4.78, 5) is 28.6. The van der Waals surface area contributed by atoms with E-state index in [1.165, 1.54) is 7.05 Å². The largest absolute Gasteiger partial charge is 0.442 e. The second kappa shape index (κ2) is 15.5. The Labute approximate surface area is 168 Å². The first kappa shape index (κ1) is 26.5. The quantitative estimate of drug-likeness (QED) is 0.262. The zero-order chi connectivity index (χ0) is 21.4. The average molecular weight is 407 g/mol. The van der Waals surface area contributed by atoms with Gasteiger partial charge in [0.1, 0.15) is 5.60 Å². The van der Waals surface area contributed by atoms with Crippen LogP contribution in [0, 0.1) is 0 Å². The normalized spacial score (nSPS) is 12.5. The number of hydrogen-bond donors (Lipinski definition) is 3. The number of carbonyl (C=O) groups is 2. The van der Waals surface area contributed by atoms with Crippen molar-refractivity contribution in [1.82, 2.24) is 10.4 Å². The number of carbonyl (C=O) groups excluding carboxylic acids is 2. The molecule has 0 rings (SSSR count). The molecule has 10 nitrogen and oxygen atoms in total. The van der Waals surface area contributed by atoms with Gasteiger partial charge in [0.25, 0.3) is 0 Å². The van der Waals surface area contributed by atoms with E-state index in [-0.39, 0.29) is 12.5 Å². The number of hydrogen-bond acceptors (Lipinski definition) is 8. The molecule has 166 valence electrons. The lowest BCUT2D eigenvalue weighted by Gasteiger charge is -2.23. The highest BCUT2D eigenvalue weighted by Crippen LogP contribution is 2.09. The predicted octanol–water partition coefficient (Wildman–Crippen LogP) is 0.391. The molecule has 0 aliphatic rings. The van der Waals surface area contributed by atoms with E-state index in [4.69, 9.17) is 30.5 Å². The Morgan fingerprint density at radius 2 is 1.64 bits per heavy atom. The predicted molar refractivity (Wildman–Crippen MR) is 105 cm³/mol. The van der Waals surface area contributed by atoms with Gasteiger partial charge in [0.15, 0.2) is 0 Å². The van der Waals surface area contributed by atoms with E-state index in [9.17, 15) is 9.59 Å². The number of amides is 2. The highest BCUT2D eigenvalue weighted by atomic mass is 16.7. The maximum absolute atomic E-state index is 11.7. The van der Waals surface area contributed by atoms with E-state index in [0.29, 0.717) is 45.9 Å². The van der Waals surface area contributed by atoms with Gasteiger partial charge in [-0.25, -0.2) is 4.79 Å². The van der Waals surface area contributed by atoms with Crippen LogP contribution in [0.15, 0.2) is 0 Å². The lowest BCUT2D eigenvalue weighted by atomic mass is 10.1. The maximum atomic E-state index is 11.7. The van der Waals surface area contributed by atoms with Crippen molar-refractivity contribution < 1.29 is 28.6 Å². The molecule has 28 heavy (non-hydrogen) atoms. The fourth-order valence-corrected chi connectivity index (χ4v) is 1.95. The Morgan fingerprint density at radius 3 is 2.25 bits per heavy atom. The number of nitrogens with zero attached hydrogens (tertiary/aromatic N) is 1. The number of unbranched alkanes of at least 4 members (excludes halogenated alkanes) is 1. The van der Waals surface area contributed by atoms with Crippen molar-refractivity contribution >= 4 is 12.0 Å². The molecule has 0 aromatic rings. The van der Waals surface area contributed by atoms with Gasteiger partial charge >= 0.3 is 6.09 Å². The number of ether oxygens (including phenoxy) is 3. The molecule has 0 aliphatic heterocycles. The molecule has 0 spiro atoms. The van der Waals surface area contributed by atoms with Gasteiger partial charge in [-0.1, -0.05) is 6.42 Å². The first-order chi connectivity index (χ1) is 13.2. The van der Waals surface area contributed by atoms with Crippen molar-refractivity contribution in [2.45, 2.75) is 51.7 Å². The minimum Gasteiger partial charge on any atom is -0.442 e. The van der Waals surface area contributed by atoms with Crippen molar-refractivity contribution in [2.24, 2.45) is 11.5 Å². The third-order valence-electron chi connectivity index (χ3n) is 3.39. The topological polar surface area (TPSA) is 138 Å². The Morgan fingerprint density at radius 1 is 1.04 bits per heavy atom. The van der Waals surface area contributed by atoms with Gasteiger partial charge < -0.3 is 31.0 Å². The third-order valence-corrected chi connectivity index (χ3v) is 3.39. The molecule has 0 unspecified atom stereocenters. The van der Waals surface area contributed by atoms with Crippen LogP contribution in [0.2, 0.25) is 0 Å². The van der Waals surface area contributed by atoms with E-state index < -0.39 is 17.7 Å². The van der Waals surface area contributed by atoms with Crippen molar-refractivity contribution in [3.05, 3.63) is 0 Å². The first-order valence-electron chi connectivity index (χ1n) is 9.66. The van der Waals surface area contributed by atoms with Crippen LogP contribution in [-0.4, -0.2) is 81.9 Å². The van der Waals surface area contributed by atoms with Crippen LogP contribution in [0.25, 0.3) is 0 Å². The summed E-state index contributed by atoms with van der Waals surface area (Å²) >= 11 is 0. The molecule has 0 aromatic carbocycles. The fraction of sp³-hybridized carbons (Fsp3) is 0.889. The van der Waals surface area contributed by atoms with E-state index >= 15 is 0 Å². The van der Waals surface area contributed by atoms with Gasteiger partial charge in [0.05, 0.1) is 39.1 Å². The molecular formula is C18H38N4O6. The van der Waals surface area contributed by atoms with Crippen molar-refractivity contribution in [3.8, 4) is 0 Å². The SMILES string of the molecule is CN(OCCOCCOCCNC(=O)[C@H](N)CCCCN)C(=O)OC(C)(C)C. The van der Waals surface area contributed by atoms with Crippen LogP contribution in [0.3, 0.4) is 0 Å². The minimum absolute atomic E-state index is 0.178. The van der Waals surface area contributed by atoms with Crippen molar-refractivity contribution in [2.75, 3.05) is 53.2 Å². The summed E-state index contributed by atoms with van der Waals surface area (Å²) in [6.45, 7) is 8.03. The summed E-state index contributed by atoms with van der Waals surface area (Å²) in [6, 6.07) is -0.506. The standard InChI is InChI=1S/C18H38N4O6/c1-18(2,3)28-17(24)22(4)27-14-13-26-12-11-25-10-9-21-16(23)15(20)7-5-6-8-19/h15H,5-14,19-20H2,1-4H3,(H,21,23)/t15-/m1/s1. The summed E-state index contributed by atoms with van der Waals surface area (Å²) in [7, 11) is 1.48. The molecule has 0 aliphatic carbocycles. The van der Waals surface area contributed by atoms with Crippen LogP contribution >= 0.6 is 0 Å². The Balaban J connectivity index is 3.50.